The Bertz CT molecular complexity index is 369. The molecule has 2 atom stereocenters. The second-order valence-corrected chi connectivity index (χ2v) is 5.35. The number of hydrogen-bond donors (Lipinski definition) is 2. The van der Waals surface area contributed by atoms with E-state index in [-0.39, 0.29) is 18.0 Å². The Kier molecular flexibility index (Phi) is 7.04. The fourth-order valence-electron chi connectivity index (χ4n) is 2.35. The maximum Gasteiger partial charge on any atom is 0.332 e. The summed E-state index contributed by atoms with van der Waals surface area (Å²) in [5, 5.41) is 3.83. The van der Waals surface area contributed by atoms with Gasteiger partial charge in [0.25, 0.3) is 0 Å². The molecule has 1 rings (SSSR count). The average Bonchev–Trinajstić information content (AvgIpc) is 2.75. The third-order valence-corrected chi connectivity index (χ3v) is 3.50. The maximum absolute atomic E-state index is 11.7. The van der Waals surface area contributed by atoms with Gasteiger partial charge in [0.15, 0.2) is 0 Å². The molecule has 0 aromatic rings. The molecule has 20 heavy (non-hydrogen) atoms. The highest BCUT2D eigenvalue weighted by molar-refractivity contribution is 5.84. The molecule has 0 radical (unpaired) electrons. The quantitative estimate of drug-likeness (QED) is 0.310. The predicted molar refractivity (Wildman–Crippen MR) is 77.2 cm³/mol. The highest BCUT2D eigenvalue weighted by Gasteiger charge is 2.33. The van der Waals surface area contributed by atoms with E-state index in [1.54, 1.807) is 6.92 Å². The number of cyclic esters (lactones) is 1. The number of carbonyl (C=O) groups is 2. The van der Waals surface area contributed by atoms with E-state index in [1.807, 2.05) is 0 Å². The summed E-state index contributed by atoms with van der Waals surface area (Å²) in [6.07, 6.45) is 6.69. The number of hydrazone groups is 1. The van der Waals surface area contributed by atoms with Gasteiger partial charge in [-0.25, -0.2) is 10.2 Å². The molecule has 6 heteroatoms. The van der Waals surface area contributed by atoms with Crippen molar-refractivity contribution in [3.8, 4) is 0 Å². The SMILES string of the molecule is CCCCC[C@H]1C[C@@H](CC/C(C)=N\NC(N)=O)C(=O)O1. The molecule has 0 spiro atoms. The number of amides is 2. The fraction of sp³-hybridized carbons (Fsp3) is 0.786. The number of urea groups is 1. The van der Waals surface area contributed by atoms with Crippen LogP contribution in [0.3, 0.4) is 0 Å². The van der Waals surface area contributed by atoms with Crippen molar-refractivity contribution in [2.75, 3.05) is 0 Å². The zero-order valence-electron chi connectivity index (χ0n) is 12.4. The number of carbonyl (C=O) groups excluding carboxylic acids is 2. The number of rotatable bonds is 8. The normalized spacial score (nSPS) is 22.7. The summed E-state index contributed by atoms with van der Waals surface area (Å²) in [4.78, 5) is 22.3. The lowest BCUT2D eigenvalue weighted by molar-refractivity contribution is -0.144. The second-order valence-electron chi connectivity index (χ2n) is 5.35. The van der Waals surface area contributed by atoms with Crippen LogP contribution in [0.4, 0.5) is 4.79 Å². The predicted octanol–water partition coefficient (Wildman–Crippen LogP) is 2.32. The molecule has 0 aromatic carbocycles. The van der Waals surface area contributed by atoms with E-state index < -0.39 is 6.03 Å². The molecule has 2 amide bonds. The van der Waals surface area contributed by atoms with Crippen molar-refractivity contribution in [2.45, 2.75) is 64.9 Å². The summed E-state index contributed by atoms with van der Waals surface area (Å²) < 4.78 is 5.38. The van der Waals surface area contributed by atoms with Gasteiger partial charge < -0.3 is 10.5 Å². The van der Waals surface area contributed by atoms with Crippen molar-refractivity contribution in [1.29, 1.82) is 0 Å². The van der Waals surface area contributed by atoms with E-state index in [0.29, 0.717) is 12.8 Å². The molecular weight excluding hydrogens is 258 g/mol. The lowest BCUT2D eigenvalue weighted by Gasteiger charge is -2.07. The lowest BCUT2D eigenvalue weighted by Crippen LogP contribution is -2.25. The van der Waals surface area contributed by atoms with E-state index in [4.69, 9.17) is 10.5 Å². The first kappa shape index (κ1) is 16.5. The van der Waals surface area contributed by atoms with Crippen molar-refractivity contribution in [2.24, 2.45) is 16.8 Å². The lowest BCUT2D eigenvalue weighted by atomic mass is 9.96. The zero-order valence-corrected chi connectivity index (χ0v) is 12.4. The largest absolute Gasteiger partial charge is 0.462 e. The van der Waals surface area contributed by atoms with Crippen LogP contribution in [-0.2, 0) is 9.53 Å². The van der Waals surface area contributed by atoms with E-state index >= 15 is 0 Å². The van der Waals surface area contributed by atoms with Crippen molar-refractivity contribution in [1.82, 2.24) is 5.43 Å². The molecule has 0 aromatic heterocycles. The molecule has 0 saturated carbocycles. The Morgan fingerprint density at radius 3 is 2.85 bits per heavy atom. The van der Waals surface area contributed by atoms with Gasteiger partial charge in [-0.1, -0.05) is 19.8 Å². The number of esters is 1. The van der Waals surface area contributed by atoms with Crippen molar-refractivity contribution < 1.29 is 14.3 Å². The Balaban J connectivity index is 2.28. The molecule has 114 valence electrons. The van der Waals surface area contributed by atoms with Gasteiger partial charge in [0.2, 0.25) is 0 Å². The van der Waals surface area contributed by atoms with Crippen LogP contribution in [0, 0.1) is 5.92 Å². The van der Waals surface area contributed by atoms with Crippen molar-refractivity contribution in [3.05, 3.63) is 0 Å². The van der Waals surface area contributed by atoms with Crippen LogP contribution in [0.15, 0.2) is 5.10 Å². The van der Waals surface area contributed by atoms with Crippen molar-refractivity contribution >= 4 is 17.7 Å². The van der Waals surface area contributed by atoms with E-state index in [1.165, 1.54) is 12.8 Å². The maximum atomic E-state index is 11.7. The molecule has 0 unspecified atom stereocenters. The summed E-state index contributed by atoms with van der Waals surface area (Å²) in [6, 6.07) is -0.680. The summed E-state index contributed by atoms with van der Waals surface area (Å²) in [5.74, 6) is -0.137. The number of nitrogens with two attached hydrogens (primary N) is 1. The van der Waals surface area contributed by atoms with Crippen molar-refractivity contribution in [3.63, 3.8) is 0 Å². The fourth-order valence-corrected chi connectivity index (χ4v) is 2.35. The molecule has 0 aliphatic carbocycles. The van der Waals surface area contributed by atoms with E-state index in [0.717, 1.165) is 25.0 Å². The van der Waals surface area contributed by atoms with Gasteiger partial charge in [-0.05, 0) is 39.0 Å². The molecule has 1 saturated heterocycles. The van der Waals surface area contributed by atoms with Gasteiger partial charge in [-0.15, -0.1) is 0 Å². The summed E-state index contributed by atoms with van der Waals surface area (Å²) in [5.41, 5.74) is 7.87. The van der Waals surface area contributed by atoms with Crippen LogP contribution in [0.25, 0.3) is 0 Å². The monoisotopic (exact) mass is 283 g/mol. The Labute approximate surface area is 120 Å². The molecule has 3 N–H and O–H groups in total. The number of hydrogen-bond acceptors (Lipinski definition) is 4. The Hall–Kier alpha value is -1.59. The standard InChI is InChI=1S/C14H25N3O3/c1-3-4-5-6-12-9-11(13(18)20-12)8-7-10(2)16-17-14(15)19/h11-12H,3-9H2,1-2H3,(H3,15,17,19)/b16-10-/t11-,12+/m1/s1. The molecule has 1 aliphatic rings. The number of nitrogens with one attached hydrogen (secondary N) is 1. The first-order valence-electron chi connectivity index (χ1n) is 7.32. The molecule has 1 aliphatic heterocycles. The van der Waals surface area contributed by atoms with E-state index in [2.05, 4.69) is 17.5 Å². The van der Waals surface area contributed by atoms with Crippen LogP contribution in [0.1, 0.15) is 58.8 Å². The van der Waals surface area contributed by atoms with Crippen LogP contribution >= 0.6 is 0 Å². The topological polar surface area (TPSA) is 93.8 Å². The van der Waals surface area contributed by atoms with E-state index in [9.17, 15) is 9.59 Å². The molecule has 0 bridgehead atoms. The van der Waals surface area contributed by atoms with Gasteiger partial charge in [0.05, 0.1) is 5.92 Å². The van der Waals surface area contributed by atoms with Gasteiger partial charge in [0, 0.05) is 5.71 Å². The summed E-state index contributed by atoms with van der Waals surface area (Å²) >= 11 is 0. The second kappa shape index (κ2) is 8.55. The van der Waals surface area contributed by atoms with Gasteiger partial charge >= 0.3 is 12.0 Å². The summed E-state index contributed by atoms with van der Waals surface area (Å²) in [7, 11) is 0. The Morgan fingerprint density at radius 2 is 2.20 bits per heavy atom. The smallest absolute Gasteiger partial charge is 0.332 e. The highest BCUT2D eigenvalue weighted by Crippen LogP contribution is 2.28. The van der Waals surface area contributed by atoms with Crippen LogP contribution in [-0.4, -0.2) is 23.8 Å². The molecule has 6 nitrogen and oxygen atoms in total. The first-order chi connectivity index (χ1) is 9.52. The third-order valence-electron chi connectivity index (χ3n) is 3.50. The summed E-state index contributed by atoms with van der Waals surface area (Å²) in [6.45, 7) is 3.96. The number of nitrogens with zero attached hydrogens (tertiary/aromatic N) is 1. The number of unbranched alkanes of at least 4 members (excludes halogenated alkanes) is 2. The van der Waals surface area contributed by atoms with Crippen LogP contribution in [0.5, 0.6) is 0 Å². The minimum atomic E-state index is -0.680. The molecular formula is C14H25N3O3. The van der Waals surface area contributed by atoms with Crippen LogP contribution < -0.4 is 11.2 Å². The van der Waals surface area contributed by atoms with Gasteiger partial charge in [0.1, 0.15) is 6.10 Å². The average molecular weight is 283 g/mol. The molecule has 1 heterocycles. The molecule has 1 fully saturated rings. The minimum absolute atomic E-state index is 0.0413. The zero-order chi connectivity index (χ0) is 15.0. The minimum Gasteiger partial charge on any atom is -0.462 e. The number of ether oxygens (including phenoxy) is 1. The van der Waals surface area contributed by atoms with Crippen LogP contribution in [0.2, 0.25) is 0 Å². The van der Waals surface area contributed by atoms with Gasteiger partial charge in [-0.3, -0.25) is 4.79 Å². The number of primary amides is 1. The Morgan fingerprint density at radius 1 is 1.45 bits per heavy atom. The highest BCUT2D eigenvalue weighted by atomic mass is 16.5. The first-order valence-corrected chi connectivity index (χ1v) is 7.32. The third kappa shape index (κ3) is 6.04. The van der Waals surface area contributed by atoms with Gasteiger partial charge in [-0.2, -0.15) is 5.10 Å².